The molecule has 0 saturated heterocycles. The second-order valence-electron chi connectivity index (χ2n) is 6.82. The normalized spacial score (nSPS) is 15.1. The second-order valence-corrected chi connectivity index (χ2v) is 6.82. The number of nitrogens with zero attached hydrogens (tertiary/aromatic N) is 5. The number of amides is 1. The summed E-state index contributed by atoms with van der Waals surface area (Å²) in [5.41, 5.74) is 17.6. The van der Waals surface area contributed by atoms with Crippen LogP contribution in [0.1, 0.15) is 27.8 Å². The first-order valence-electron chi connectivity index (χ1n) is 9.08. The van der Waals surface area contributed by atoms with Gasteiger partial charge in [-0.2, -0.15) is 0 Å². The van der Waals surface area contributed by atoms with Gasteiger partial charge in [-0.3, -0.25) is 10.2 Å². The van der Waals surface area contributed by atoms with Crippen molar-refractivity contribution in [1.82, 2.24) is 25.3 Å². The summed E-state index contributed by atoms with van der Waals surface area (Å²) in [5, 5.41) is 4.20. The lowest BCUT2D eigenvalue weighted by Crippen LogP contribution is -2.21. The van der Waals surface area contributed by atoms with Crippen LogP contribution in [0.15, 0.2) is 53.9 Å². The molecule has 1 amide bonds. The van der Waals surface area contributed by atoms with E-state index in [1.807, 2.05) is 0 Å². The zero-order valence-electron chi connectivity index (χ0n) is 16.4. The first kappa shape index (κ1) is 19.1. The fourth-order valence-electron chi connectivity index (χ4n) is 2.90. The summed E-state index contributed by atoms with van der Waals surface area (Å²) in [4.78, 5) is 26.3. The smallest absolute Gasteiger partial charge is 0.263 e. The molecule has 1 aliphatic heterocycles. The first-order chi connectivity index (χ1) is 14.4. The van der Waals surface area contributed by atoms with Gasteiger partial charge in [0.05, 0.1) is 11.9 Å². The molecule has 10 heteroatoms. The summed E-state index contributed by atoms with van der Waals surface area (Å²) in [6.45, 7) is 0. The molecule has 1 atom stereocenters. The van der Waals surface area contributed by atoms with Crippen LogP contribution in [0.4, 0.5) is 11.6 Å². The molecule has 0 fully saturated rings. The van der Waals surface area contributed by atoms with E-state index in [0.29, 0.717) is 22.8 Å². The van der Waals surface area contributed by atoms with Gasteiger partial charge in [0.1, 0.15) is 5.82 Å². The molecule has 1 aliphatic rings. The maximum absolute atomic E-state index is 12.1. The molecule has 1 unspecified atom stereocenters. The van der Waals surface area contributed by atoms with Gasteiger partial charge in [-0.05, 0) is 24.3 Å². The molecule has 0 spiro atoms. The zero-order chi connectivity index (χ0) is 21.3. The SMILES string of the molecule is CN(C)C(=O)c1ccc(-c2cnc(N)c(C3=NNC(c4ccnc(N)c4)O3)n2)cc1. The Labute approximate surface area is 172 Å². The van der Waals surface area contributed by atoms with Crippen LogP contribution in [0.2, 0.25) is 0 Å². The first-order valence-corrected chi connectivity index (χ1v) is 9.08. The molecule has 2 aromatic heterocycles. The van der Waals surface area contributed by atoms with Gasteiger partial charge in [-0.1, -0.05) is 12.1 Å². The molecular weight excluding hydrogens is 384 g/mol. The zero-order valence-corrected chi connectivity index (χ0v) is 16.4. The van der Waals surface area contributed by atoms with E-state index in [1.165, 1.54) is 4.90 Å². The number of anilines is 2. The van der Waals surface area contributed by atoms with Crippen LogP contribution >= 0.6 is 0 Å². The van der Waals surface area contributed by atoms with Crippen LogP contribution < -0.4 is 16.9 Å². The van der Waals surface area contributed by atoms with Gasteiger partial charge >= 0.3 is 0 Å². The topological polar surface area (TPSA) is 145 Å². The third-order valence-electron chi connectivity index (χ3n) is 4.46. The Hall–Kier alpha value is -4.21. The van der Waals surface area contributed by atoms with E-state index in [9.17, 15) is 4.79 Å². The summed E-state index contributed by atoms with van der Waals surface area (Å²) in [5.74, 6) is 0.715. The summed E-state index contributed by atoms with van der Waals surface area (Å²) in [6.07, 6.45) is 2.62. The van der Waals surface area contributed by atoms with E-state index < -0.39 is 6.23 Å². The minimum Gasteiger partial charge on any atom is -0.445 e. The Morgan fingerprint density at radius 2 is 1.90 bits per heavy atom. The molecule has 1 aromatic carbocycles. The number of benzene rings is 1. The van der Waals surface area contributed by atoms with Gasteiger partial charge in [0.2, 0.25) is 6.23 Å². The molecule has 10 nitrogen and oxygen atoms in total. The number of rotatable bonds is 4. The Kier molecular flexibility index (Phi) is 4.88. The van der Waals surface area contributed by atoms with Crippen molar-refractivity contribution in [3.8, 4) is 11.3 Å². The molecule has 5 N–H and O–H groups in total. The molecule has 3 heterocycles. The van der Waals surface area contributed by atoms with Crippen LogP contribution in [0, 0.1) is 0 Å². The Balaban J connectivity index is 1.58. The van der Waals surface area contributed by atoms with Crippen molar-refractivity contribution < 1.29 is 9.53 Å². The fraction of sp³-hybridized carbons (Fsp3) is 0.150. The lowest BCUT2D eigenvalue weighted by atomic mass is 10.1. The molecule has 3 aromatic rings. The van der Waals surface area contributed by atoms with E-state index in [1.54, 1.807) is 62.9 Å². The van der Waals surface area contributed by atoms with Crippen molar-refractivity contribution in [3.05, 3.63) is 65.6 Å². The Morgan fingerprint density at radius 3 is 2.60 bits per heavy atom. The standard InChI is InChI=1S/C20H20N8O2/c1-28(2)20(29)12-5-3-11(4-6-12)14-10-24-17(22)16(25-14)19-27-26-18(30-19)13-7-8-23-15(21)9-13/h3-10,18,26H,1-2H3,(H2,21,23)(H2,22,24). The summed E-state index contributed by atoms with van der Waals surface area (Å²) < 4.78 is 5.86. The van der Waals surface area contributed by atoms with Crippen molar-refractivity contribution in [3.63, 3.8) is 0 Å². The number of hydrazone groups is 1. The van der Waals surface area contributed by atoms with Gasteiger partial charge in [-0.15, -0.1) is 5.10 Å². The quantitative estimate of drug-likeness (QED) is 0.591. The Morgan fingerprint density at radius 1 is 1.13 bits per heavy atom. The number of carbonyl (C=O) groups is 1. The van der Waals surface area contributed by atoms with Crippen LogP contribution in [-0.2, 0) is 4.74 Å². The second kappa shape index (κ2) is 7.66. The average molecular weight is 404 g/mol. The highest BCUT2D eigenvalue weighted by atomic mass is 16.5. The third kappa shape index (κ3) is 3.70. The minimum absolute atomic E-state index is 0.0757. The number of hydrogen-bond donors (Lipinski definition) is 3. The van der Waals surface area contributed by atoms with E-state index >= 15 is 0 Å². The lowest BCUT2D eigenvalue weighted by molar-refractivity contribution is 0.0827. The highest BCUT2D eigenvalue weighted by molar-refractivity contribution is 5.97. The van der Waals surface area contributed by atoms with Crippen LogP contribution in [0.25, 0.3) is 11.3 Å². The minimum atomic E-state index is -0.536. The molecule has 0 bridgehead atoms. The molecule has 30 heavy (non-hydrogen) atoms. The molecule has 0 radical (unpaired) electrons. The molecule has 0 saturated carbocycles. The number of hydrogen-bond acceptors (Lipinski definition) is 9. The van der Waals surface area contributed by atoms with Gasteiger partial charge in [0.15, 0.2) is 11.5 Å². The number of aromatic nitrogens is 3. The average Bonchev–Trinajstić information content (AvgIpc) is 3.24. The number of ether oxygens (including phenoxy) is 1. The van der Waals surface area contributed by atoms with E-state index in [2.05, 4.69) is 25.5 Å². The van der Waals surface area contributed by atoms with Gasteiger partial charge in [0.25, 0.3) is 11.8 Å². The van der Waals surface area contributed by atoms with E-state index in [0.717, 1.165) is 11.1 Å². The van der Waals surface area contributed by atoms with Crippen molar-refractivity contribution in [1.29, 1.82) is 0 Å². The Bertz CT molecular complexity index is 1130. The highest BCUT2D eigenvalue weighted by Crippen LogP contribution is 2.25. The number of nitrogen functional groups attached to an aromatic ring is 2. The highest BCUT2D eigenvalue weighted by Gasteiger charge is 2.26. The van der Waals surface area contributed by atoms with Crippen molar-refractivity contribution in [2.45, 2.75) is 6.23 Å². The lowest BCUT2D eigenvalue weighted by Gasteiger charge is -2.12. The van der Waals surface area contributed by atoms with Gasteiger partial charge in [0, 0.05) is 37.0 Å². The maximum Gasteiger partial charge on any atom is 0.263 e. The van der Waals surface area contributed by atoms with Crippen molar-refractivity contribution in [2.24, 2.45) is 5.10 Å². The molecule has 4 rings (SSSR count). The molecular formula is C20H20N8O2. The van der Waals surface area contributed by atoms with E-state index in [-0.39, 0.29) is 17.6 Å². The van der Waals surface area contributed by atoms with Gasteiger partial charge in [-0.25, -0.2) is 15.0 Å². The largest absolute Gasteiger partial charge is 0.445 e. The number of pyridine rings is 1. The van der Waals surface area contributed by atoms with Crippen LogP contribution in [0.3, 0.4) is 0 Å². The third-order valence-corrected chi connectivity index (χ3v) is 4.46. The number of carbonyl (C=O) groups excluding carboxylic acids is 1. The summed E-state index contributed by atoms with van der Waals surface area (Å²) >= 11 is 0. The summed E-state index contributed by atoms with van der Waals surface area (Å²) in [6, 6.07) is 10.6. The molecule has 152 valence electrons. The predicted molar refractivity (Wildman–Crippen MR) is 112 cm³/mol. The number of nitrogens with two attached hydrogens (primary N) is 2. The van der Waals surface area contributed by atoms with Crippen molar-refractivity contribution >= 4 is 23.4 Å². The van der Waals surface area contributed by atoms with Crippen molar-refractivity contribution in [2.75, 3.05) is 25.6 Å². The molecule has 0 aliphatic carbocycles. The predicted octanol–water partition coefficient (Wildman–Crippen LogP) is 1.38. The fourth-order valence-corrected chi connectivity index (χ4v) is 2.90. The monoisotopic (exact) mass is 404 g/mol. The van der Waals surface area contributed by atoms with Gasteiger partial charge < -0.3 is 21.1 Å². The van der Waals surface area contributed by atoms with Crippen LogP contribution in [-0.4, -0.2) is 45.8 Å². The van der Waals surface area contributed by atoms with E-state index in [4.69, 9.17) is 16.2 Å². The summed E-state index contributed by atoms with van der Waals surface area (Å²) in [7, 11) is 3.41. The number of nitrogens with one attached hydrogen (secondary N) is 1. The maximum atomic E-state index is 12.1. The van der Waals surface area contributed by atoms with Crippen LogP contribution in [0.5, 0.6) is 0 Å².